The first kappa shape index (κ1) is 14.6. The number of nitrogens with zero attached hydrogens (tertiary/aromatic N) is 1. The van der Waals surface area contributed by atoms with E-state index in [0.717, 1.165) is 5.56 Å². The number of hydrogen-bond acceptors (Lipinski definition) is 3. The summed E-state index contributed by atoms with van der Waals surface area (Å²) in [7, 11) is 0. The molecule has 2 unspecified atom stereocenters. The highest BCUT2D eigenvalue weighted by Gasteiger charge is 2.26. The molecule has 1 aromatic heterocycles. The summed E-state index contributed by atoms with van der Waals surface area (Å²) in [6.07, 6.45) is 3.43. The number of nitrogens with two attached hydrogens (primary N) is 1. The van der Waals surface area contributed by atoms with Crippen LogP contribution < -0.4 is 11.1 Å². The second kappa shape index (κ2) is 6.44. The molecule has 3 N–H and O–H groups in total. The zero-order chi connectivity index (χ0) is 13.7. The number of pyridine rings is 1. The van der Waals surface area contributed by atoms with E-state index in [9.17, 15) is 4.79 Å². The Labute approximate surface area is 113 Å². The van der Waals surface area contributed by atoms with E-state index in [-0.39, 0.29) is 22.9 Å². The van der Waals surface area contributed by atoms with Crippen LogP contribution in [-0.2, 0) is 4.79 Å². The van der Waals surface area contributed by atoms with Crippen molar-refractivity contribution in [3.8, 4) is 0 Å². The second-order valence-corrected chi connectivity index (χ2v) is 5.11. The molecular weight excluding hydrogens is 246 g/mol. The zero-order valence-corrected chi connectivity index (χ0v) is 11.7. The average Bonchev–Trinajstić information content (AvgIpc) is 2.28. The Morgan fingerprint density at radius 3 is 2.56 bits per heavy atom. The molecule has 4 nitrogen and oxygen atoms in total. The van der Waals surface area contributed by atoms with Gasteiger partial charge in [-0.2, -0.15) is 0 Å². The van der Waals surface area contributed by atoms with Gasteiger partial charge in [0.15, 0.2) is 0 Å². The summed E-state index contributed by atoms with van der Waals surface area (Å²) in [6.45, 7) is 5.77. The molecule has 1 rings (SSSR count). The van der Waals surface area contributed by atoms with Gasteiger partial charge in [-0.25, -0.2) is 0 Å². The predicted octanol–water partition coefficient (Wildman–Crippen LogP) is 1.82. The molecule has 1 aromatic rings. The monoisotopic (exact) mass is 265 g/mol. The summed E-state index contributed by atoms with van der Waals surface area (Å²) < 4.78 is 0. The van der Waals surface area contributed by atoms with Crippen LogP contribution in [0.3, 0.4) is 0 Å². The van der Waals surface area contributed by atoms with Crippen molar-refractivity contribution in [1.82, 2.24) is 10.3 Å². The number of amides is 1. The lowest BCUT2D eigenvalue weighted by atomic mass is 9.94. The molecule has 0 saturated carbocycles. The van der Waals surface area contributed by atoms with Crippen LogP contribution in [0.5, 0.6) is 0 Å². The molecule has 0 radical (unpaired) electrons. The molecule has 1 amide bonds. The van der Waals surface area contributed by atoms with Crippen molar-refractivity contribution in [2.24, 2.45) is 17.6 Å². The number of carbonyl (C=O) groups is 1. The number of carbonyl (C=O) groups excluding carboxylic acids is 1. The smallest absolute Gasteiger partial charge is 0.230 e. The number of aromatic nitrogens is 1. The Bertz CT molecular complexity index is 420. The third-order valence-corrected chi connectivity index (χ3v) is 3.05. The van der Waals surface area contributed by atoms with E-state index in [1.807, 2.05) is 32.9 Å². The maximum Gasteiger partial charge on any atom is 0.230 e. The van der Waals surface area contributed by atoms with E-state index in [0.29, 0.717) is 0 Å². The van der Waals surface area contributed by atoms with Gasteiger partial charge in [0.1, 0.15) is 0 Å². The summed E-state index contributed by atoms with van der Waals surface area (Å²) in [5.41, 5.74) is 6.57. The van der Waals surface area contributed by atoms with Crippen LogP contribution in [0.4, 0.5) is 0 Å². The van der Waals surface area contributed by atoms with Crippen molar-refractivity contribution in [3.05, 3.63) is 30.1 Å². The Hall–Kier alpha value is -1.49. The minimum Gasteiger partial charge on any atom is -0.393 e. The number of nitrogens with one attached hydrogen (secondary N) is 1. The van der Waals surface area contributed by atoms with Crippen LogP contribution in [0.2, 0.25) is 0 Å². The van der Waals surface area contributed by atoms with E-state index in [2.05, 4.69) is 10.3 Å². The van der Waals surface area contributed by atoms with Crippen molar-refractivity contribution >= 4 is 23.1 Å². The molecule has 5 heteroatoms. The maximum atomic E-state index is 12.1. The standard InChI is InChI=1S/C13H19N3OS/c1-8(2)11(12(14)18)13(17)16-9(3)10-5-4-6-15-7-10/h4-9,11H,1-3H3,(H2,14,18)(H,16,17). The molecule has 18 heavy (non-hydrogen) atoms. The van der Waals surface area contributed by atoms with Gasteiger partial charge in [0.25, 0.3) is 0 Å². The normalized spacial score (nSPS) is 14.0. The Kier molecular flexibility index (Phi) is 5.22. The van der Waals surface area contributed by atoms with Crippen LogP contribution in [0.15, 0.2) is 24.5 Å². The molecule has 2 atom stereocenters. The van der Waals surface area contributed by atoms with Crippen molar-refractivity contribution in [3.63, 3.8) is 0 Å². The largest absolute Gasteiger partial charge is 0.393 e. The van der Waals surface area contributed by atoms with Gasteiger partial charge in [0.05, 0.1) is 16.9 Å². The Morgan fingerprint density at radius 2 is 2.11 bits per heavy atom. The van der Waals surface area contributed by atoms with E-state index in [1.54, 1.807) is 12.4 Å². The van der Waals surface area contributed by atoms with E-state index in [1.165, 1.54) is 0 Å². The zero-order valence-electron chi connectivity index (χ0n) is 10.9. The van der Waals surface area contributed by atoms with Gasteiger partial charge in [-0.1, -0.05) is 32.1 Å². The van der Waals surface area contributed by atoms with Crippen LogP contribution in [0.1, 0.15) is 32.4 Å². The van der Waals surface area contributed by atoms with Crippen LogP contribution in [0, 0.1) is 11.8 Å². The molecule has 0 saturated heterocycles. The van der Waals surface area contributed by atoms with Crippen molar-refractivity contribution in [2.75, 3.05) is 0 Å². The lowest BCUT2D eigenvalue weighted by Gasteiger charge is -2.22. The second-order valence-electron chi connectivity index (χ2n) is 4.64. The number of thiocarbonyl (C=S) groups is 1. The molecule has 0 fully saturated rings. The minimum absolute atomic E-state index is 0.0867. The van der Waals surface area contributed by atoms with Gasteiger partial charge >= 0.3 is 0 Å². The first-order valence-electron chi connectivity index (χ1n) is 5.93. The van der Waals surface area contributed by atoms with Gasteiger partial charge in [-0.15, -0.1) is 0 Å². The number of hydrogen-bond donors (Lipinski definition) is 2. The van der Waals surface area contributed by atoms with E-state index in [4.69, 9.17) is 18.0 Å². The fourth-order valence-electron chi connectivity index (χ4n) is 1.78. The topological polar surface area (TPSA) is 68.0 Å². The Morgan fingerprint density at radius 1 is 1.44 bits per heavy atom. The van der Waals surface area contributed by atoms with Gasteiger partial charge in [0.2, 0.25) is 5.91 Å². The summed E-state index contributed by atoms with van der Waals surface area (Å²) in [4.78, 5) is 16.4. The average molecular weight is 265 g/mol. The fraction of sp³-hybridized carbons (Fsp3) is 0.462. The molecule has 0 aliphatic heterocycles. The molecule has 98 valence electrons. The molecule has 0 aliphatic rings. The minimum atomic E-state index is -0.431. The predicted molar refractivity (Wildman–Crippen MR) is 75.9 cm³/mol. The molecular formula is C13H19N3OS. The molecule has 0 spiro atoms. The highest BCUT2D eigenvalue weighted by atomic mass is 32.1. The van der Waals surface area contributed by atoms with Gasteiger partial charge in [-0.05, 0) is 24.5 Å². The first-order chi connectivity index (χ1) is 8.43. The van der Waals surface area contributed by atoms with Gasteiger partial charge in [-0.3, -0.25) is 9.78 Å². The summed E-state index contributed by atoms with van der Waals surface area (Å²) >= 11 is 4.94. The van der Waals surface area contributed by atoms with E-state index >= 15 is 0 Å². The van der Waals surface area contributed by atoms with Crippen LogP contribution >= 0.6 is 12.2 Å². The highest BCUT2D eigenvalue weighted by molar-refractivity contribution is 7.80. The van der Waals surface area contributed by atoms with Crippen molar-refractivity contribution < 1.29 is 4.79 Å². The van der Waals surface area contributed by atoms with Gasteiger partial charge in [0, 0.05) is 12.4 Å². The SMILES string of the molecule is CC(NC(=O)C(C(N)=S)C(C)C)c1cccnc1. The summed E-state index contributed by atoms with van der Waals surface area (Å²) in [5, 5.41) is 2.91. The summed E-state index contributed by atoms with van der Waals surface area (Å²) in [5.74, 6) is -0.475. The van der Waals surface area contributed by atoms with Crippen molar-refractivity contribution in [1.29, 1.82) is 0 Å². The lowest BCUT2D eigenvalue weighted by molar-refractivity contribution is -0.124. The molecule has 1 heterocycles. The maximum absolute atomic E-state index is 12.1. The van der Waals surface area contributed by atoms with Crippen LogP contribution in [-0.4, -0.2) is 15.9 Å². The van der Waals surface area contributed by atoms with Gasteiger partial charge < -0.3 is 11.1 Å². The van der Waals surface area contributed by atoms with E-state index < -0.39 is 5.92 Å². The van der Waals surface area contributed by atoms with Crippen LogP contribution in [0.25, 0.3) is 0 Å². The first-order valence-corrected chi connectivity index (χ1v) is 6.34. The summed E-state index contributed by atoms with van der Waals surface area (Å²) in [6, 6.07) is 3.65. The molecule has 0 aliphatic carbocycles. The molecule has 0 bridgehead atoms. The highest BCUT2D eigenvalue weighted by Crippen LogP contribution is 2.15. The third-order valence-electron chi connectivity index (χ3n) is 2.80. The molecule has 0 aromatic carbocycles. The lowest BCUT2D eigenvalue weighted by Crippen LogP contribution is -2.41. The fourth-order valence-corrected chi connectivity index (χ4v) is 2.16. The third kappa shape index (κ3) is 3.77. The Balaban J connectivity index is 2.72. The van der Waals surface area contributed by atoms with Crippen molar-refractivity contribution in [2.45, 2.75) is 26.8 Å². The number of rotatable bonds is 5. The quantitative estimate of drug-likeness (QED) is 0.797.